The number of benzene rings is 2. The molecular weight excluding hydrogens is 362 g/mol. The fraction of sp³-hybridized carbons (Fsp3) is 0.440. The van der Waals surface area contributed by atoms with Crippen molar-refractivity contribution in [3.05, 3.63) is 59.7 Å². The zero-order valence-corrected chi connectivity index (χ0v) is 18.9. The summed E-state index contributed by atoms with van der Waals surface area (Å²) < 4.78 is 5.06. The summed E-state index contributed by atoms with van der Waals surface area (Å²) in [5.41, 5.74) is 5.06. The smallest absolute Gasteiger partial charge is 0.308 e. The second-order valence-corrected chi connectivity index (χ2v) is 9.42. The first-order valence-electron chi connectivity index (χ1n) is 10.1. The topological polar surface area (TPSA) is 47.9 Å². The monoisotopic (exact) mass is 395 g/mol. The molecule has 0 unspecified atom stereocenters. The molecule has 0 heterocycles. The molecular formula is C25H33NO3. The lowest BCUT2D eigenvalue weighted by Gasteiger charge is -2.20. The second-order valence-electron chi connectivity index (χ2n) is 9.42. The van der Waals surface area contributed by atoms with Gasteiger partial charge in [-0.3, -0.25) is 4.79 Å². The first-order chi connectivity index (χ1) is 13.4. The Balaban J connectivity index is 0.000000257. The van der Waals surface area contributed by atoms with E-state index in [0.29, 0.717) is 0 Å². The average molecular weight is 396 g/mol. The molecule has 0 amide bonds. The van der Waals surface area contributed by atoms with Crippen molar-refractivity contribution in [1.82, 2.24) is 0 Å². The van der Waals surface area contributed by atoms with Gasteiger partial charge in [0, 0.05) is 11.1 Å². The zero-order chi connectivity index (χ0) is 21.8. The van der Waals surface area contributed by atoms with E-state index in [1.54, 1.807) is 0 Å². The lowest BCUT2D eigenvalue weighted by atomic mass is 10.1. The molecule has 29 heavy (non-hydrogen) atoms. The highest BCUT2D eigenvalue weighted by Crippen LogP contribution is 2.36. The number of oxime groups is 1. The Kier molecular flexibility index (Phi) is 6.89. The highest BCUT2D eigenvalue weighted by Gasteiger charge is 2.25. The van der Waals surface area contributed by atoms with E-state index < -0.39 is 0 Å². The van der Waals surface area contributed by atoms with Crippen molar-refractivity contribution in [3.8, 4) is 11.1 Å². The Morgan fingerprint density at radius 2 is 1.17 bits per heavy atom. The third kappa shape index (κ3) is 6.45. The van der Waals surface area contributed by atoms with Crippen LogP contribution in [0.25, 0.3) is 11.1 Å². The molecule has 0 fully saturated rings. The van der Waals surface area contributed by atoms with Gasteiger partial charge in [0.15, 0.2) is 0 Å². The van der Waals surface area contributed by atoms with E-state index >= 15 is 0 Å². The van der Waals surface area contributed by atoms with Crippen LogP contribution in [0.3, 0.4) is 0 Å². The van der Waals surface area contributed by atoms with Crippen molar-refractivity contribution in [2.24, 2.45) is 11.1 Å². The molecule has 1 aliphatic rings. The number of nitrogens with zero attached hydrogens (tertiary/aromatic N) is 1. The molecule has 2 aromatic carbocycles. The van der Waals surface area contributed by atoms with Gasteiger partial charge in [-0.1, -0.05) is 67.5 Å². The number of hydrogen-bond donors (Lipinski definition) is 0. The van der Waals surface area contributed by atoms with Crippen LogP contribution in [0.15, 0.2) is 53.7 Å². The minimum Gasteiger partial charge on any atom is -0.460 e. The molecule has 0 saturated heterocycles. The Hall–Kier alpha value is -2.62. The molecule has 0 atom stereocenters. The van der Waals surface area contributed by atoms with Crippen molar-refractivity contribution >= 4 is 11.7 Å². The number of fused-ring (bicyclic) bond motifs is 3. The average Bonchev–Trinajstić information content (AvgIpc) is 2.92. The minimum atomic E-state index is -0.346. The van der Waals surface area contributed by atoms with Gasteiger partial charge in [0.25, 0.3) is 0 Å². The van der Waals surface area contributed by atoms with Crippen molar-refractivity contribution in [2.45, 2.75) is 66.6 Å². The lowest BCUT2D eigenvalue weighted by molar-refractivity contribution is -0.158. The predicted octanol–water partition coefficient (Wildman–Crippen LogP) is 6.22. The van der Waals surface area contributed by atoms with E-state index in [0.717, 1.165) is 16.8 Å². The molecule has 0 aliphatic heterocycles. The summed E-state index contributed by atoms with van der Waals surface area (Å²) in [6, 6.07) is 16.7. The van der Waals surface area contributed by atoms with Crippen LogP contribution in [0.2, 0.25) is 0 Å². The van der Waals surface area contributed by atoms with E-state index in [9.17, 15) is 4.79 Å². The Labute approximate surface area is 174 Å². The van der Waals surface area contributed by atoms with Crippen LogP contribution in [0.1, 0.15) is 66.5 Å². The van der Waals surface area contributed by atoms with E-state index in [1.165, 1.54) is 11.1 Å². The van der Waals surface area contributed by atoms with Crippen LogP contribution in [0.5, 0.6) is 0 Å². The van der Waals surface area contributed by atoms with Crippen molar-refractivity contribution < 1.29 is 14.4 Å². The van der Waals surface area contributed by atoms with E-state index in [2.05, 4.69) is 41.6 Å². The number of carbonyl (C=O) groups is 1. The van der Waals surface area contributed by atoms with Gasteiger partial charge in [0.05, 0.1) is 5.92 Å². The highest BCUT2D eigenvalue weighted by molar-refractivity contribution is 6.24. The number of esters is 1. The van der Waals surface area contributed by atoms with Crippen LogP contribution in [-0.4, -0.2) is 22.9 Å². The summed E-state index contributed by atoms with van der Waals surface area (Å²) >= 11 is 0. The Bertz CT molecular complexity index is 836. The number of ether oxygens (including phenoxy) is 1. The molecule has 3 rings (SSSR count). The van der Waals surface area contributed by atoms with E-state index in [1.807, 2.05) is 67.5 Å². The SMILES string of the molecule is CC(C)(C)ON=C1c2ccccc2-c2ccccc21.CC(C)C(=O)OC(C)(C)C. The lowest BCUT2D eigenvalue weighted by Crippen LogP contribution is -2.26. The largest absolute Gasteiger partial charge is 0.460 e. The van der Waals surface area contributed by atoms with Crippen LogP contribution in [-0.2, 0) is 14.4 Å². The van der Waals surface area contributed by atoms with E-state index in [4.69, 9.17) is 9.57 Å². The van der Waals surface area contributed by atoms with Gasteiger partial charge in [-0.15, -0.1) is 0 Å². The summed E-state index contributed by atoms with van der Waals surface area (Å²) in [4.78, 5) is 16.6. The number of carbonyl (C=O) groups excluding carboxylic acids is 1. The van der Waals surface area contributed by atoms with Crippen molar-refractivity contribution in [1.29, 1.82) is 0 Å². The van der Waals surface area contributed by atoms with Gasteiger partial charge < -0.3 is 9.57 Å². The Morgan fingerprint density at radius 3 is 1.48 bits per heavy atom. The van der Waals surface area contributed by atoms with Crippen LogP contribution < -0.4 is 0 Å². The predicted molar refractivity (Wildman–Crippen MR) is 119 cm³/mol. The first-order valence-corrected chi connectivity index (χ1v) is 10.1. The van der Waals surface area contributed by atoms with Gasteiger partial charge in [-0.25, -0.2) is 0 Å². The molecule has 1 aliphatic carbocycles. The maximum Gasteiger partial charge on any atom is 0.308 e. The highest BCUT2D eigenvalue weighted by atomic mass is 16.6. The maximum absolute atomic E-state index is 10.9. The molecule has 0 spiro atoms. The summed E-state index contributed by atoms with van der Waals surface area (Å²) in [7, 11) is 0. The number of hydrogen-bond acceptors (Lipinski definition) is 4. The zero-order valence-electron chi connectivity index (χ0n) is 18.9. The standard InChI is InChI=1S/C17H17NO.C8H16O2/c1-17(2,3)19-18-16-14-10-6-4-8-12(14)13-9-5-7-11-15(13)16;1-6(2)7(9)10-8(3,4)5/h4-11H,1-3H3;6H,1-5H3. The number of rotatable bonds is 2. The van der Waals surface area contributed by atoms with E-state index in [-0.39, 0.29) is 23.1 Å². The fourth-order valence-corrected chi connectivity index (χ4v) is 2.69. The molecule has 0 N–H and O–H groups in total. The molecule has 4 nitrogen and oxygen atoms in total. The molecule has 0 radical (unpaired) electrons. The van der Waals surface area contributed by atoms with Crippen LogP contribution in [0, 0.1) is 5.92 Å². The van der Waals surface area contributed by atoms with Gasteiger partial charge >= 0.3 is 5.97 Å². The second kappa shape index (κ2) is 8.81. The summed E-state index contributed by atoms with van der Waals surface area (Å²) in [5, 5.41) is 4.39. The fourth-order valence-electron chi connectivity index (χ4n) is 2.69. The molecule has 4 heteroatoms. The third-order valence-electron chi connectivity index (χ3n) is 3.94. The molecule has 0 aromatic heterocycles. The van der Waals surface area contributed by atoms with Gasteiger partial charge in [-0.05, 0) is 52.7 Å². The van der Waals surface area contributed by atoms with Crippen molar-refractivity contribution in [3.63, 3.8) is 0 Å². The normalized spacial score (nSPS) is 12.5. The summed E-state index contributed by atoms with van der Waals surface area (Å²) in [5.74, 6) is -0.160. The van der Waals surface area contributed by atoms with Crippen LogP contribution >= 0.6 is 0 Å². The summed E-state index contributed by atoms with van der Waals surface area (Å²) in [6.07, 6.45) is 0. The first kappa shape index (κ1) is 22.7. The summed E-state index contributed by atoms with van der Waals surface area (Å²) in [6.45, 7) is 15.3. The van der Waals surface area contributed by atoms with Crippen molar-refractivity contribution in [2.75, 3.05) is 0 Å². The van der Waals surface area contributed by atoms with Gasteiger partial charge in [0.1, 0.15) is 16.9 Å². The molecule has 2 aromatic rings. The van der Waals surface area contributed by atoms with Gasteiger partial charge in [-0.2, -0.15) is 0 Å². The molecule has 0 bridgehead atoms. The van der Waals surface area contributed by atoms with Crippen LogP contribution in [0.4, 0.5) is 0 Å². The maximum atomic E-state index is 10.9. The minimum absolute atomic E-state index is 0.0285. The molecule has 0 saturated carbocycles. The quantitative estimate of drug-likeness (QED) is 0.382. The van der Waals surface area contributed by atoms with Gasteiger partial charge in [0.2, 0.25) is 0 Å². The third-order valence-corrected chi connectivity index (χ3v) is 3.94. The Morgan fingerprint density at radius 1 is 0.759 bits per heavy atom. The molecule has 156 valence electrons.